The Kier molecular flexibility index (Phi) is 2.28. The summed E-state index contributed by atoms with van der Waals surface area (Å²) >= 11 is 0. The summed E-state index contributed by atoms with van der Waals surface area (Å²) in [7, 11) is 0. The predicted octanol–water partition coefficient (Wildman–Crippen LogP) is 2.62. The highest BCUT2D eigenvalue weighted by Gasteiger charge is 2.00. The van der Waals surface area contributed by atoms with Gasteiger partial charge in [-0.05, 0) is 19.4 Å². The number of benzene rings is 1. The van der Waals surface area contributed by atoms with Crippen molar-refractivity contribution in [2.24, 2.45) is 0 Å². The summed E-state index contributed by atoms with van der Waals surface area (Å²) in [5, 5.41) is 8.61. The van der Waals surface area contributed by atoms with Crippen molar-refractivity contribution < 1.29 is 0 Å². The van der Waals surface area contributed by atoms with E-state index >= 15 is 0 Å². The molecule has 56 valence electrons. The zero-order valence-electron chi connectivity index (χ0n) is 6.83. The number of aryl methyl sites for hydroxylation is 1. The zero-order chi connectivity index (χ0) is 8.27. The van der Waals surface area contributed by atoms with Crippen LogP contribution in [0.4, 0.5) is 0 Å². The molecule has 1 aromatic rings. The minimum atomic E-state index is 0.00981. The smallest absolute Gasteiger partial charge is 0.0700 e. The monoisotopic (exact) mass is 145 g/mol. The Balaban J connectivity index is 2.92. The van der Waals surface area contributed by atoms with Gasteiger partial charge in [0.05, 0.1) is 12.0 Å². The van der Waals surface area contributed by atoms with Crippen molar-refractivity contribution in [1.29, 1.82) is 5.26 Å². The van der Waals surface area contributed by atoms with Crippen LogP contribution in [0, 0.1) is 18.3 Å². The van der Waals surface area contributed by atoms with Crippen LogP contribution in [0.2, 0.25) is 0 Å². The summed E-state index contributed by atoms with van der Waals surface area (Å²) in [4.78, 5) is 0. The first-order chi connectivity index (χ1) is 5.24. The maximum atomic E-state index is 8.61. The lowest BCUT2D eigenvalue weighted by Crippen LogP contribution is -1.88. The SMILES string of the molecule is Cc1ccc([C@@H](C)C#N)cc1. The Hall–Kier alpha value is -1.29. The van der Waals surface area contributed by atoms with Gasteiger partial charge >= 0.3 is 0 Å². The Morgan fingerprint density at radius 2 is 1.82 bits per heavy atom. The van der Waals surface area contributed by atoms with Crippen LogP contribution in [0.15, 0.2) is 24.3 Å². The highest BCUT2D eigenvalue weighted by Crippen LogP contribution is 2.13. The molecule has 1 atom stereocenters. The quantitative estimate of drug-likeness (QED) is 0.596. The highest BCUT2D eigenvalue weighted by atomic mass is 14.3. The molecule has 0 aromatic heterocycles. The van der Waals surface area contributed by atoms with E-state index in [1.165, 1.54) is 5.56 Å². The molecule has 0 bridgehead atoms. The minimum absolute atomic E-state index is 0.00981. The van der Waals surface area contributed by atoms with Crippen molar-refractivity contribution in [1.82, 2.24) is 0 Å². The van der Waals surface area contributed by atoms with Gasteiger partial charge < -0.3 is 0 Å². The van der Waals surface area contributed by atoms with Crippen LogP contribution in [0.25, 0.3) is 0 Å². The molecule has 1 rings (SSSR count). The Bertz CT molecular complexity index is 266. The average molecular weight is 145 g/mol. The van der Waals surface area contributed by atoms with Crippen molar-refractivity contribution in [2.45, 2.75) is 19.8 Å². The van der Waals surface area contributed by atoms with Gasteiger partial charge in [-0.15, -0.1) is 0 Å². The van der Waals surface area contributed by atoms with E-state index in [0.717, 1.165) is 5.56 Å². The fourth-order valence-electron chi connectivity index (χ4n) is 0.930. The third-order valence-electron chi connectivity index (χ3n) is 1.77. The molecular formula is C10H11N. The fourth-order valence-corrected chi connectivity index (χ4v) is 0.930. The van der Waals surface area contributed by atoms with Crippen molar-refractivity contribution >= 4 is 0 Å². The molecule has 0 heterocycles. The van der Waals surface area contributed by atoms with E-state index in [1.54, 1.807) is 0 Å². The van der Waals surface area contributed by atoms with E-state index in [1.807, 2.05) is 38.1 Å². The number of nitrogens with zero attached hydrogens (tertiary/aromatic N) is 1. The van der Waals surface area contributed by atoms with E-state index in [-0.39, 0.29) is 5.92 Å². The largest absolute Gasteiger partial charge is 0.198 e. The molecule has 0 radical (unpaired) electrons. The molecule has 0 spiro atoms. The second kappa shape index (κ2) is 3.21. The number of hydrogen-bond donors (Lipinski definition) is 0. The summed E-state index contributed by atoms with van der Waals surface area (Å²) in [6, 6.07) is 10.3. The molecule has 11 heavy (non-hydrogen) atoms. The van der Waals surface area contributed by atoms with Crippen LogP contribution in [-0.2, 0) is 0 Å². The van der Waals surface area contributed by atoms with Gasteiger partial charge in [-0.2, -0.15) is 5.26 Å². The molecule has 0 aliphatic carbocycles. The summed E-state index contributed by atoms with van der Waals surface area (Å²) in [6.07, 6.45) is 0. The number of rotatable bonds is 1. The molecular weight excluding hydrogens is 134 g/mol. The van der Waals surface area contributed by atoms with Gasteiger partial charge in [0, 0.05) is 0 Å². The Labute approximate surface area is 67.3 Å². The lowest BCUT2D eigenvalue weighted by Gasteiger charge is -2.01. The van der Waals surface area contributed by atoms with E-state index in [2.05, 4.69) is 6.07 Å². The maximum absolute atomic E-state index is 8.61. The van der Waals surface area contributed by atoms with E-state index < -0.39 is 0 Å². The van der Waals surface area contributed by atoms with Gasteiger partial charge in [0.15, 0.2) is 0 Å². The molecule has 1 nitrogen and oxygen atoms in total. The third-order valence-corrected chi connectivity index (χ3v) is 1.77. The molecule has 0 fully saturated rings. The number of nitriles is 1. The minimum Gasteiger partial charge on any atom is -0.198 e. The standard InChI is InChI=1S/C10H11N/c1-8-3-5-10(6-4-8)9(2)7-11/h3-6,9H,1-2H3/t9-/m0/s1. The van der Waals surface area contributed by atoms with Gasteiger partial charge in [-0.3, -0.25) is 0 Å². The highest BCUT2D eigenvalue weighted by molar-refractivity contribution is 5.27. The molecule has 0 saturated carbocycles. The Morgan fingerprint density at radius 3 is 2.27 bits per heavy atom. The van der Waals surface area contributed by atoms with Crippen LogP contribution in [0.3, 0.4) is 0 Å². The predicted molar refractivity (Wildman–Crippen MR) is 45.2 cm³/mol. The first-order valence-electron chi connectivity index (χ1n) is 3.70. The first kappa shape index (κ1) is 7.81. The van der Waals surface area contributed by atoms with Gasteiger partial charge in [-0.1, -0.05) is 29.8 Å². The third kappa shape index (κ3) is 1.81. The number of hydrogen-bond acceptors (Lipinski definition) is 1. The molecule has 0 unspecified atom stereocenters. The Morgan fingerprint density at radius 1 is 1.27 bits per heavy atom. The second-order valence-electron chi connectivity index (χ2n) is 2.76. The van der Waals surface area contributed by atoms with Crippen molar-refractivity contribution in [2.75, 3.05) is 0 Å². The molecule has 0 aliphatic heterocycles. The van der Waals surface area contributed by atoms with Crippen molar-refractivity contribution in [3.05, 3.63) is 35.4 Å². The van der Waals surface area contributed by atoms with Crippen molar-refractivity contribution in [3.8, 4) is 6.07 Å². The van der Waals surface area contributed by atoms with Gasteiger partial charge in [0.1, 0.15) is 0 Å². The van der Waals surface area contributed by atoms with Gasteiger partial charge in [-0.25, -0.2) is 0 Å². The molecule has 0 N–H and O–H groups in total. The van der Waals surface area contributed by atoms with Crippen LogP contribution >= 0.6 is 0 Å². The van der Waals surface area contributed by atoms with E-state index in [4.69, 9.17) is 5.26 Å². The summed E-state index contributed by atoms with van der Waals surface area (Å²) in [6.45, 7) is 3.95. The molecule has 1 aromatic carbocycles. The van der Waals surface area contributed by atoms with Gasteiger partial charge in [0.2, 0.25) is 0 Å². The fraction of sp³-hybridized carbons (Fsp3) is 0.300. The lowest BCUT2D eigenvalue weighted by molar-refractivity contribution is 0.980. The topological polar surface area (TPSA) is 23.8 Å². The molecule has 0 saturated heterocycles. The van der Waals surface area contributed by atoms with Crippen LogP contribution in [0.5, 0.6) is 0 Å². The van der Waals surface area contributed by atoms with Crippen LogP contribution in [-0.4, -0.2) is 0 Å². The average Bonchev–Trinajstić information content (AvgIpc) is 2.05. The van der Waals surface area contributed by atoms with E-state index in [0.29, 0.717) is 0 Å². The summed E-state index contributed by atoms with van der Waals surface area (Å²) in [5.74, 6) is 0.00981. The van der Waals surface area contributed by atoms with Crippen LogP contribution in [0.1, 0.15) is 24.0 Å². The summed E-state index contributed by atoms with van der Waals surface area (Å²) < 4.78 is 0. The first-order valence-corrected chi connectivity index (χ1v) is 3.70. The normalized spacial score (nSPS) is 12.1. The molecule has 0 amide bonds. The summed E-state index contributed by atoms with van der Waals surface area (Å²) in [5.41, 5.74) is 2.33. The molecule has 1 heteroatoms. The van der Waals surface area contributed by atoms with E-state index in [9.17, 15) is 0 Å². The van der Waals surface area contributed by atoms with Gasteiger partial charge in [0.25, 0.3) is 0 Å². The van der Waals surface area contributed by atoms with Crippen LogP contribution < -0.4 is 0 Å². The zero-order valence-corrected chi connectivity index (χ0v) is 6.83. The second-order valence-corrected chi connectivity index (χ2v) is 2.76. The molecule has 0 aliphatic rings. The van der Waals surface area contributed by atoms with Crippen molar-refractivity contribution in [3.63, 3.8) is 0 Å². The maximum Gasteiger partial charge on any atom is 0.0700 e. The lowest BCUT2D eigenvalue weighted by atomic mass is 10.0.